The number of ether oxygens (including phenoxy) is 2. The molecule has 5 heteroatoms. The summed E-state index contributed by atoms with van der Waals surface area (Å²) in [5, 5.41) is 0. The fourth-order valence-electron chi connectivity index (χ4n) is 3.58. The number of aromatic nitrogens is 1. The van der Waals surface area contributed by atoms with Crippen molar-refractivity contribution in [2.75, 3.05) is 14.2 Å². The van der Waals surface area contributed by atoms with E-state index in [9.17, 15) is 4.39 Å². The van der Waals surface area contributed by atoms with Crippen LogP contribution in [0, 0.1) is 5.82 Å². The normalized spacial score (nSPS) is 15.4. The first kappa shape index (κ1) is 17.3. The van der Waals surface area contributed by atoms with E-state index in [2.05, 4.69) is 11.5 Å². The third-order valence-electron chi connectivity index (χ3n) is 4.93. The summed E-state index contributed by atoms with van der Waals surface area (Å²) in [5.41, 5.74) is 4.79. The third kappa shape index (κ3) is 2.89. The lowest BCUT2D eigenvalue weighted by Gasteiger charge is -2.18. The van der Waals surface area contributed by atoms with Gasteiger partial charge in [-0.1, -0.05) is 6.92 Å². The Bertz CT molecular complexity index is 1010. The molecule has 27 heavy (non-hydrogen) atoms. The van der Waals surface area contributed by atoms with E-state index in [1.807, 2.05) is 30.5 Å². The molecule has 4 nitrogen and oxygen atoms in total. The maximum atomic E-state index is 13.4. The van der Waals surface area contributed by atoms with Gasteiger partial charge in [0.15, 0.2) is 11.5 Å². The van der Waals surface area contributed by atoms with E-state index in [0.717, 1.165) is 34.6 Å². The van der Waals surface area contributed by atoms with Crippen LogP contribution in [-0.4, -0.2) is 24.5 Å². The number of halogens is 1. The molecule has 0 bridgehead atoms. The summed E-state index contributed by atoms with van der Waals surface area (Å²) in [4.78, 5) is 5.06. The molecule has 0 saturated carbocycles. The number of hydrogen-bond donors (Lipinski definition) is 0. The first-order valence-electron chi connectivity index (χ1n) is 8.94. The lowest BCUT2D eigenvalue weighted by Crippen LogP contribution is -2.08. The molecular formula is C22H21FN2O2. The molecule has 0 spiro atoms. The van der Waals surface area contributed by atoms with E-state index in [1.165, 1.54) is 12.1 Å². The highest BCUT2D eigenvalue weighted by Crippen LogP contribution is 2.40. The van der Waals surface area contributed by atoms with Crippen LogP contribution in [0.1, 0.15) is 36.2 Å². The lowest BCUT2D eigenvalue weighted by molar-refractivity contribution is 0.354. The van der Waals surface area contributed by atoms with Gasteiger partial charge in [0.05, 0.1) is 37.4 Å². The Hall–Kier alpha value is -3.08. The van der Waals surface area contributed by atoms with Crippen LogP contribution in [0.2, 0.25) is 0 Å². The zero-order valence-corrected chi connectivity index (χ0v) is 15.6. The Kier molecular flexibility index (Phi) is 4.44. The van der Waals surface area contributed by atoms with Crippen LogP contribution < -0.4 is 9.47 Å². The van der Waals surface area contributed by atoms with Crippen LogP contribution in [-0.2, 0) is 0 Å². The van der Waals surface area contributed by atoms with E-state index in [4.69, 9.17) is 14.5 Å². The topological polar surface area (TPSA) is 35.8 Å². The molecule has 1 atom stereocenters. The maximum absolute atomic E-state index is 13.4. The zero-order chi connectivity index (χ0) is 19.0. The Balaban J connectivity index is 1.98. The fraction of sp³-hybridized carbons (Fsp3) is 0.227. The second kappa shape index (κ2) is 6.91. The van der Waals surface area contributed by atoms with Crippen molar-refractivity contribution in [3.63, 3.8) is 0 Å². The molecule has 0 saturated heterocycles. The molecule has 138 valence electrons. The number of fused-ring (bicyclic) bond motifs is 3. The largest absolute Gasteiger partial charge is 0.493 e. The predicted octanol–water partition coefficient (Wildman–Crippen LogP) is 4.94. The zero-order valence-electron chi connectivity index (χ0n) is 15.6. The maximum Gasteiger partial charge on any atom is 0.162 e. The minimum absolute atomic E-state index is 0.0419. The van der Waals surface area contributed by atoms with Crippen molar-refractivity contribution in [1.29, 1.82) is 0 Å². The smallest absolute Gasteiger partial charge is 0.162 e. The lowest BCUT2D eigenvalue weighted by atomic mass is 10.0. The van der Waals surface area contributed by atoms with Crippen molar-refractivity contribution in [2.24, 2.45) is 4.99 Å². The predicted molar refractivity (Wildman–Crippen MR) is 104 cm³/mol. The molecule has 0 radical (unpaired) electrons. The summed E-state index contributed by atoms with van der Waals surface area (Å²) in [6.45, 7) is 2.11. The van der Waals surface area contributed by atoms with Crippen molar-refractivity contribution < 1.29 is 13.9 Å². The van der Waals surface area contributed by atoms with E-state index in [0.29, 0.717) is 11.5 Å². The van der Waals surface area contributed by atoms with Gasteiger partial charge in [0.2, 0.25) is 0 Å². The van der Waals surface area contributed by atoms with Crippen LogP contribution >= 0.6 is 0 Å². The highest BCUT2D eigenvalue weighted by atomic mass is 19.1. The Labute approximate surface area is 157 Å². The summed E-state index contributed by atoms with van der Waals surface area (Å²) in [7, 11) is 3.27. The van der Waals surface area contributed by atoms with Crippen molar-refractivity contribution in [1.82, 2.24) is 4.57 Å². The Morgan fingerprint density at radius 1 is 1.04 bits per heavy atom. The number of benzene rings is 2. The van der Waals surface area contributed by atoms with Crippen molar-refractivity contribution in [3.05, 3.63) is 77.4 Å². The van der Waals surface area contributed by atoms with E-state index in [1.54, 1.807) is 26.4 Å². The molecule has 3 aromatic rings. The quantitative estimate of drug-likeness (QED) is 0.658. The van der Waals surface area contributed by atoms with Gasteiger partial charge in [-0.05, 0) is 48.9 Å². The molecule has 2 aromatic carbocycles. The SMILES string of the molecule is CCC1N=C(c2ccc(F)cc2)c2cccn2-c2cc(OC)c(OC)cc21. The average molecular weight is 364 g/mol. The number of hydrogen-bond acceptors (Lipinski definition) is 3. The highest BCUT2D eigenvalue weighted by molar-refractivity contribution is 6.12. The van der Waals surface area contributed by atoms with E-state index in [-0.39, 0.29) is 11.9 Å². The van der Waals surface area contributed by atoms with Gasteiger partial charge in [-0.3, -0.25) is 4.99 Å². The van der Waals surface area contributed by atoms with Gasteiger partial charge in [-0.2, -0.15) is 0 Å². The van der Waals surface area contributed by atoms with Crippen LogP contribution in [0.25, 0.3) is 5.69 Å². The minimum Gasteiger partial charge on any atom is -0.493 e. The molecule has 1 aliphatic heterocycles. The molecule has 1 unspecified atom stereocenters. The molecular weight excluding hydrogens is 343 g/mol. The second-order valence-electron chi connectivity index (χ2n) is 6.44. The van der Waals surface area contributed by atoms with Crippen LogP contribution in [0.15, 0.2) is 59.7 Å². The van der Waals surface area contributed by atoms with Gasteiger partial charge in [-0.15, -0.1) is 0 Å². The van der Waals surface area contributed by atoms with Crippen molar-refractivity contribution >= 4 is 5.71 Å². The summed E-state index contributed by atoms with van der Waals surface area (Å²) in [6.07, 6.45) is 2.84. The van der Waals surface area contributed by atoms with Crippen molar-refractivity contribution in [3.8, 4) is 17.2 Å². The number of nitrogens with zero attached hydrogens (tertiary/aromatic N) is 2. The molecule has 4 rings (SSSR count). The number of methoxy groups -OCH3 is 2. The van der Waals surface area contributed by atoms with Gasteiger partial charge in [0.1, 0.15) is 5.82 Å². The first-order chi connectivity index (χ1) is 13.2. The number of aliphatic imine (C=N–C) groups is 1. The van der Waals surface area contributed by atoms with Gasteiger partial charge in [0, 0.05) is 23.4 Å². The average Bonchev–Trinajstić information content (AvgIpc) is 3.14. The van der Waals surface area contributed by atoms with Gasteiger partial charge in [-0.25, -0.2) is 4.39 Å². The summed E-state index contributed by atoms with van der Waals surface area (Å²) in [5.74, 6) is 1.10. The molecule has 2 heterocycles. The molecule has 1 aliphatic rings. The monoisotopic (exact) mass is 364 g/mol. The van der Waals surface area contributed by atoms with Crippen LogP contribution in [0.4, 0.5) is 4.39 Å². The highest BCUT2D eigenvalue weighted by Gasteiger charge is 2.25. The van der Waals surface area contributed by atoms with Gasteiger partial charge >= 0.3 is 0 Å². The summed E-state index contributed by atoms with van der Waals surface area (Å²) in [6, 6.07) is 14.4. The second-order valence-corrected chi connectivity index (χ2v) is 6.44. The van der Waals surface area contributed by atoms with Crippen LogP contribution in [0.3, 0.4) is 0 Å². The molecule has 1 aromatic heterocycles. The first-order valence-corrected chi connectivity index (χ1v) is 8.94. The van der Waals surface area contributed by atoms with Gasteiger partial charge in [0.25, 0.3) is 0 Å². The fourth-order valence-corrected chi connectivity index (χ4v) is 3.58. The van der Waals surface area contributed by atoms with E-state index >= 15 is 0 Å². The summed E-state index contributed by atoms with van der Waals surface area (Å²) < 4.78 is 26.5. The van der Waals surface area contributed by atoms with E-state index < -0.39 is 0 Å². The molecule has 0 N–H and O–H groups in total. The third-order valence-corrected chi connectivity index (χ3v) is 4.93. The number of rotatable bonds is 4. The molecule has 0 amide bonds. The van der Waals surface area contributed by atoms with Gasteiger partial charge < -0.3 is 14.0 Å². The molecule has 0 fully saturated rings. The Morgan fingerprint density at radius 3 is 2.41 bits per heavy atom. The Morgan fingerprint density at radius 2 is 1.74 bits per heavy atom. The van der Waals surface area contributed by atoms with Crippen LogP contribution in [0.5, 0.6) is 11.5 Å². The minimum atomic E-state index is -0.256. The van der Waals surface area contributed by atoms with Crippen molar-refractivity contribution in [2.45, 2.75) is 19.4 Å². The summed E-state index contributed by atoms with van der Waals surface area (Å²) >= 11 is 0. The standard InChI is InChI=1S/C22H21FN2O2/c1-4-17-16-12-20(26-2)21(27-3)13-19(16)25-11-5-6-18(25)22(24-17)14-7-9-15(23)10-8-14/h5-13,17H,4H2,1-3H3. The molecule has 0 aliphatic carbocycles.